The highest BCUT2D eigenvalue weighted by atomic mass is 35.5. The van der Waals surface area contributed by atoms with Crippen LogP contribution in [0.4, 0.5) is 0 Å². The first-order chi connectivity index (χ1) is 3.80. The van der Waals surface area contributed by atoms with E-state index >= 15 is 0 Å². The normalized spacial score (nSPS) is 39.8. The smallest absolute Gasteiger partial charge is 0.0361 e. The molecular weight excluding hydrogens is 120 g/mol. The van der Waals surface area contributed by atoms with Crippen molar-refractivity contribution in [3.63, 3.8) is 0 Å². The van der Waals surface area contributed by atoms with Crippen molar-refractivity contribution in [2.45, 2.75) is 38.0 Å². The van der Waals surface area contributed by atoms with Gasteiger partial charge in [0.2, 0.25) is 0 Å². The fourth-order valence-electron chi connectivity index (χ4n) is 1.27. The maximum Gasteiger partial charge on any atom is 0.0361 e. The highest BCUT2D eigenvalue weighted by Crippen LogP contribution is 2.27. The van der Waals surface area contributed by atoms with Crippen LogP contribution in [0.1, 0.15) is 32.6 Å². The van der Waals surface area contributed by atoms with Crippen LogP contribution in [-0.2, 0) is 0 Å². The van der Waals surface area contributed by atoms with Gasteiger partial charge < -0.3 is 0 Å². The van der Waals surface area contributed by atoms with E-state index in [-0.39, 0.29) is 0 Å². The first-order valence-corrected chi connectivity index (χ1v) is 3.88. The van der Waals surface area contributed by atoms with Crippen molar-refractivity contribution in [2.24, 2.45) is 5.92 Å². The Kier molecular flexibility index (Phi) is 2.18. The lowest BCUT2D eigenvalue weighted by atomic mass is 9.90. The molecule has 1 rings (SSSR count). The summed E-state index contributed by atoms with van der Waals surface area (Å²) in [7, 11) is 0. The molecule has 1 aliphatic carbocycles. The summed E-state index contributed by atoms with van der Waals surface area (Å²) >= 11 is 5.97. The van der Waals surface area contributed by atoms with Crippen LogP contribution in [-0.4, -0.2) is 5.38 Å². The van der Waals surface area contributed by atoms with E-state index in [0.29, 0.717) is 5.38 Å². The van der Waals surface area contributed by atoms with Gasteiger partial charge in [-0.05, 0) is 18.8 Å². The molecule has 0 spiro atoms. The van der Waals surface area contributed by atoms with Gasteiger partial charge in [-0.3, -0.25) is 0 Å². The van der Waals surface area contributed by atoms with Gasteiger partial charge in [0.05, 0.1) is 0 Å². The van der Waals surface area contributed by atoms with Gasteiger partial charge in [-0.1, -0.05) is 19.8 Å². The van der Waals surface area contributed by atoms with Crippen molar-refractivity contribution >= 4 is 11.6 Å². The number of rotatable bonds is 0. The minimum Gasteiger partial charge on any atom is -0.123 e. The lowest BCUT2D eigenvalue weighted by Gasteiger charge is -2.22. The van der Waals surface area contributed by atoms with Gasteiger partial charge in [-0.15, -0.1) is 11.6 Å². The summed E-state index contributed by atoms with van der Waals surface area (Å²) in [5.41, 5.74) is 0. The minimum absolute atomic E-state index is 0.476. The molecule has 8 heavy (non-hydrogen) atoms. The predicted molar refractivity (Wildman–Crippen MR) is 37.3 cm³/mol. The van der Waals surface area contributed by atoms with E-state index in [2.05, 4.69) is 6.92 Å². The molecule has 0 aliphatic heterocycles. The molecule has 0 aromatic heterocycles. The fourth-order valence-corrected chi connectivity index (χ4v) is 1.55. The molecule has 0 aromatic rings. The van der Waals surface area contributed by atoms with Crippen LogP contribution in [0.3, 0.4) is 0 Å². The van der Waals surface area contributed by atoms with E-state index in [4.69, 9.17) is 11.6 Å². The third kappa shape index (κ3) is 1.38. The van der Waals surface area contributed by atoms with E-state index in [1.54, 1.807) is 0 Å². The zero-order valence-electron chi connectivity index (χ0n) is 5.36. The molecule has 0 N–H and O–H groups in total. The Hall–Kier alpha value is 0.290. The van der Waals surface area contributed by atoms with Crippen molar-refractivity contribution in [1.29, 1.82) is 0 Å². The fraction of sp³-hybridized carbons (Fsp3) is 1.00. The molecule has 1 aliphatic rings. The SMILES string of the molecule is C[C@@H]1CCCCC1Cl. The molecule has 1 fully saturated rings. The van der Waals surface area contributed by atoms with Crippen molar-refractivity contribution in [3.8, 4) is 0 Å². The molecule has 48 valence electrons. The Balaban J connectivity index is 2.28. The largest absolute Gasteiger partial charge is 0.123 e. The number of alkyl halides is 1. The molecule has 0 bridgehead atoms. The Morgan fingerprint density at radius 3 is 2.25 bits per heavy atom. The molecule has 1 saturated carbocycles. The first-order valence-electron chi connectivity index (χ1n) is 3.45. The van der Waals surface area contributed by atoms with E-state index in [1.165, 1.54) is 25.7 Å². The van der Waals surface area contributed by atoms with Crippen LogP contribution >= 0.6 is 11.6 Å². The second kappa shape index (κ2) is 2.72. The van der Waals surface area contributed by atoms with Crippen molar-refractivity contribution < 1.29 is 0 Å². The molecule has 1 heteroatoms. The standard InChI is InChI=1S/C7H13Cl/c1-6-4-2-3-5-7(6)8/h6-7H,2-5H2,1H3/t6-,7?/m1/s1. The van der Waals surface area contributed by atoms with Crippen LogP contribution < -0.4 is 0 Å². The number of halogens is 1. The maximum absolute atomic E-state index is 5.97. The summed E-state index contributed by atoms with van der Waals surface area (Å²) in [5.74, 6) is 0.769. The van der Waals surface area contributed by atoms with Gasteiger partial charge >= 0.3 is 0 Å². The van der Waals surface area contributed by atoms with Crippen LogP contribution in [0, 0.1) is 5.92 Å². The van der Waals surface area contributed by atoms with Gasteiger partial charge in [0, 0.05) is 5.38 Å². The molecule has 0 radical (unpaired) electrons. The summed E-state index contributed by atoms with van der Waals surface area (Å²) in [4.78, 5) is 0. The van der Waals surface area contributed by atoms with Crippen molar-refractivity contribution in [2.75, 3.05) is 0 Å². The van der Waals surface area contributed by atoms with Crippen LogP contribution in [0.25, 0.3) is 0 Å². The molecule has 0 amide bonds. The molecule has 1 unspecified atom stereocenters. The summed E-state index contributed by atoms with van der Waals surface area (Å²) in [5, 5.41) is 0.476. The third-order valence-corrected chi connectivity index (χ3v) is 2.66. The van der Waals surface area contributed by atoms with E-state index in [1.807, 2.05) is 0 Å². The van der Waals surface area contributed by atoms with Gasteiger partial charge in [0.15, 0.2) is 0 Å². The second-order valence-corrected chi connectivity index (χ2v) is 3.34. The minimum atomic E-state index is 0.476. The lowest BCUT2D eigenvalue weighted by molar-refractivity contribution is 0.392. The summed E-state index contributed by atoms with van der Waals surface area (Å²) < 4.78 is 0. The Morgan fingerprint density at radius 1 is 1.25 bits per heavy atom. The average Bonchev–Trinajstić information content (AvgIpc) is 1.77. The third-order valence-electron chi connectivity index (χ3n) is 2.01. The quantitative estimate of drug-likeness (QED) is 0.445. The van der Waals surface area contributed by atoms with Gasteiger partial charge in [-0.25, -0.2) is 0 Å². The highest BCUT2D eigenvalue weighted by molar-refractivity contribution is 6.20. The molecular formula is C7H13Cl. The average molecular weight is 133 g/mol. The lowest BCUT2D eigenvalue weighted by Crippen LogP contribution is -2.15. The first kappa shape index (κ1) is 6.41. The number of hydrogen-bond acceptors (Lipinski definition) is 0. The molecule has 0 nitrogen and oxygen atoms in total. The van der Waals surface area contributed by atoms with Gasteiger partial charge in [0.1, 0.15) is 0 Å². The Morgan fingerprint density at radius 2 is 1.88 bits per heavy atom. The van der Waals surface area contributed by atoms with E-state index in [0.717, 1.165) is 5.92 Å². The predicted octanol–water partition coefficient (Wildman–Crippen LogP) is 2.80. The van der Waals surface area contributed by atoms with Gasteiger partial charge in [0.25, 0.3) is 0 Å². The Bertz CT molecular complexity index is 60.8. The summed E-state index contributed by atoms with van der Waals surface area (Å²) in [6, 6.07) is 0. The van der Waals surface area contributed by atoms with Crippen molar-refractivity contribution in [1.82, 2.24) is 0 Å². The van der Waals surface area contributed by atoms with Gasteiger partial charge in [-0.2, -0.15) is 0 Å². The van der Waals surface area contributed by atoms with E-state index in [9.17, 15) is 0 Å². The zero-order valence-corrected chi connectivity index (χ0v) is 6.12. The van der Waals surface area contributed by atoms with Crippen LogP contribution in [0.15, 0.2) is 0 Å². The monoisotopic (exact) mass is 132 g/mol. The maximum atomic E-state index is 5.97. The number of hydrogen-bond donors (Lipinski definition) is 0. The molecule has 0 aromatic carbocycles. The second-order valence-electron chi connectivity index (χ2n) is 2.78. The topological polar surface area (TPSA) is 0 Å². The molecule has 0 saturated heterocycles. The summed E-state index contributed by atoms with van der Waals surface area (Å²) in [6.45, 7) is 2.25. The van der Waals surface area contributed by atoms with Crippen molar-refractivity contribution in [3.05, 3.63) is 0 Å². The van der Waals surface area contributed by atoms with E-state index < -0.39 is 0 Å². The highest BCUT2D eigenvalue weighted by Gasteiger charge is 2.17. The molecule has 0 heterocycles. The summed E-state index contributed by atoms with van der Waals surface area (Å²) in [6.07, 6.45) is 5.32. The zero-order chi connectivity index (χ0) is 5.98. The Labute approximate surface area is 56.2 Å². The van der Waals surface area contributed by atoms with Crippen LogP contribution in [0.2, 0.25) is 0 Å². The van der Waals surface area contributed by atoms with Crippen LogP contribution in [0.5, 0.6) is 0 Å². The molecule has 2 atom stereocenters.